The van der Waals surface area contributed by atoms with Gasteiger partial charge in [0.05, 0.1) is 18.0 Å². The zero-order chi connectivity index (χ0) is 11.5. The van der Waals surface area contributed by atoms with Gasteiger partial charge in [-0.05, 0) is 25.7 Å². The summed E-state index contributed by atoms with van der Waals surface area (Å²) in [6, 6.07) is 0. The summed E-state index contributed by atoms with van der Waals surface area (Å²) in [5.74, 6) is 1.51. The number of rotatable bonds is 3. The van der Waals surface area contributed by atoms with Crippen LogP contribution in [-0.2, 0) is 11.8 Å². The van der Waals surface area contributed by atoms with Crippen molar-refractivity contribution in [2.75, 3.05) is 30.8 Å². The average molecular weight is 224 g/mol. The van der Waals surface area contributed by atoms with Crippen LogP contribution in [-0.4, -0.2) is 29.5 Å². The van der Waals surface area contributed by atoms with Gasteiger partial charge >= 0.3 is 0 Å². The normalized spacial score (nSPS) is 21.0. The highest BCUT2D eigenvalue weighted by Crippen LogP contribution is 2.22. The Labute approximate surface area is 96.0 Å². The molecule has 5 heteroatoms. The second-order valence-corrected chi connectivity index (χ2v) is 4.44. The molecule has 16 heavy (non-hydrogen) atoms. The van der Waals surface area contributed by atoms with Crippen molar-refractivity contribution in [1.82, 2.24) is 9.78 Å². The zero-order valence-corrected chi connectivity index (χ0v) is 9.99. The fraction of sp³-hybridized carbons (Fsp3) is 0.727. The van der Waals surface area contributed by atoms with Crippen LogP contribution in [0.15, 0.2) is 0 Å². The van der Waals surface area contributed by atoms with Gasteiger partial charge in [-0.3, -0.25) is 4.68 Å². The summed E-state index contributed by atoms with van der Waals surface area (Å²) in [4.78, 5) is 0. The molecular weight excluding hydrogens is 204 g/mol. The van der Waals surface area contributed by atoms with Crippen molar-refractivity contribution >= 4 is 11.5 Å². The minimum atomic E-state index is 0.586. The van der Waals surface area contributed by atoms with Crippen molar-refractivity contribution in [3.63, 3.8) is 0 Å². The molecule has 90 valence electrons. The van der Waals surface area contributed by atoms with Crippen molar-refractivity contribution < 1.29 is 4.74 Å². The van der Waals surface area contributed by atoms with Crippen molar-refractivity contribution in [2.24, 2.45) is 13.0 Å². The molecule has 1 aromatic heterocycles. The van der Waals surface area contributed by atoms with Crippen LogP contribution in [0, 0.1) is 12.8 Å². The van der Waals surface area contributed by atoms with Gasteiger partial charge in [0, 0.05) is 20.2 Å². The van der Waals surface area contributed by atoms with Gasteiger partial charge in [-0.1, -0.05) is 0 Å². The monoisotopic (exact) mass is 224 g/mol. The molecule has 3 N–H and O–H groups in total. The van der Waals surface area contributed by atoms with Crippen LogP contribution < -0.4 is 11.1 Å². The Kier molecular flexibility index (Phi) is 3.33. The van der Waals surface area contributed by atoms with Crippen LogP contribution in [0.25, 0.3) is 0 Å². The largest absolute Gasteiger partial charge is 0.394 e. The maximum atomic E-state index is 5.94. The topological polar surface area (TPSA) is 65.1 Å². The number of aryl methyl sites for hydroxylation is 2. The Balaban J connectivity index is 1.93. The molecular formula is C11H20N4O. The van der Waals surface area contributed by atoms with Gasteiger partial charge in [0.2, 0.25) is 0 Å². The number of ether oxygens (including phenoxy) is 1. The number of nitrogen functional groups attached to an aromatic ring is 1. The molecule has 5 nitrogen and oxygen atoms in total. The third-order valence-electron chi connectivity index (χ3n) is 3.08. The standard InChI is InChI=1S/C11H20N4O/c1-8-10(12)11(15(2)14-8)13-6-9-4-3-5-16-7-9/h9,13H,3-7,12H2,1-2H3. The molecule has 0 saturated carbocycles. The van der Waals surface area contributed by atoms with E-state index in [-0.39, 0.29) is 0 Å². The molecule has 2 rings (SSSR count). The summed E-state index contributed by atoms with van der Waals surface area (Å²) < 4.78 is 7.24. The first-order chi connectivity index (χ1) is 7.68. The minimum absolute atomic E-state index is 0.586. The maximum absolute atomic E-state index is 5.94. The van der Waals surface area contributed by atoms with Gasteiger partial charge in [0.1, 0.15) is 5.82 Å². The second-order valence-electron chi connectivity index (χ2n) is 4.44. The lowest BCUT2D eigenvalue weighted by atomic mass is 10.0. The third kappa shape index (κ3) is 2.29. The molecule has 1 atom stereocenters. The first kappa shape index (κ1) is 11.3. The van der Waals surface area contributed by atoms with Crippen LogP contribution in [0.4, 0.5) is 11.5 Å². The lowest BCUT2D eigenvalue weighted by Crippen LogP contribution is -2.25. The van der Waals surface area contributed by atoms with Gasteiger partial charge in [-0.2, -0.15) is 5.10 Å². The number of hydrogen-bond donors (Lipinski definition) is 2. The first-order valence-corrected chi connectivity index (χ1v) is 5.79. The van der Waals surface area contributed by atoms with E-state index in [4.69, 9.17) is 10.5 Å². The highest BCUT2D eigenvalue weighted by molar-refractivity contribution is 5.64. The molecule has 0 spiro atoms. The van der Waals surface area contributed by atoms with Gasteiger partial charge in [-0.15, -0.1) is 0 Å². The molecule has 0 radical (unpaired) electrons. The van der Waals surface area contributed by atoms with Gasteiger partial charge < -0.3 is 15.8 Å². The number of aromatic nitrogens is 2. The molecule has 1 aliphatic heterocycles. The highest BCUT2D eigenvalue weighted by atomic mass is 16.5. The van der Waals surface area contributed by atoms with Crippen molar-refractivity contribution in [2.45, 2.75) is 19.8 Å². The predicted octanol–water partition coefficient (Wildman–Crippen LogP) is 1.15. The third-order valence-corrected chi connectivity index (χ3v) is 3.08. The van der Waals surface area contributed by atoms with E-state index in [0.717, 1.165) is 43.4 Å². The lowest BCUT2D eigenvalue weighted by molar-refractivity contribution is 0.0594. The molecule has 2 heterocycles. The molecule has 1 aromatic rings. The fourth-order valence-corrected chi connectivity index (χ4v) is 2.09. The smallest absolute Gasteiger partial charge is 0.147 e. The molecule has 0 aromatic carbocycles. The molecule has 0 aliphatic carbocycles. The van der Waals surface area contributed by atoms with Crippen molar-refractivity contribution in [3.8, 4) is 0 Å². The van der Waals surface area contributed by atoms with Crippen molar-refractivity contribution in [3.05, 3.63) is 5.69 Å². The van der Waals surface area contributed by atoms with E-state index in [1.54, 1.807) is 4.68 Å². The van der Waals surface area contributed by atoms with Crippen LogP contribution in [0.5, 0.6) is 0 Å². The van der Waals surface area contributed by atoms with Crippen LogP contribution in [0.1, 0.15) is 18.5 Å². The summed E-state index contributed by atoms with van der Waals surface area (Å²) in [5.41, 5.74) is 7.57. The van der Waals surface area contributed by atoms with Gasteiger partial charge in [-0.25, -0.2) is 0 Å². The second kappa shape index (κ2) is 4.74. The Morgan fingerprint density at radius 2 is 2.44 bits per heavy atom. The Hall–Kier alpha value is -1.23. The molecule has 1 saturated heterocycles. The summed E-state index contributed by atoms with van der Waals surface area (Å²) in [5, 5.41) is 7.64. The number of nitrogens with one attached hydrogen (secondary N) is 1. The zero-order valence-electron chi connectivity index (χ0n) is 9.99. The summed E-state index contributed by atoms with van der Waals surface area (Å²) in [7, 11) is 1.91. The lowest BCUT2D eigenvalue weighted by Gasteiger charge is -2.22. The predicted molar refractivity (Wildman–Crippen MR) is 64.4 cm³/mol. The minimum Gasteiger partial charge on any atom is -0.394 e. The number of nitrogens with two attached hydrogens (primary N) is 1. The van der Waals surface area contributed by atoms with Crippen LogP contribution in [0.2, 0.25) is 0 Å². The molecule has 1 aliphatic rings. The van der Waals surface area contributed by atoms with Gasteiger partial charge in [0.25, 0.3) is 0 Å². The van der Waals surface area contributed by atoms with E-state index in [0.29, 0.717) is 5.92 Å². The molecule has 0 bridgehead atoms. The average Bonchev–Trinajstić information content (AvgIpc) is 2.53. The van der Waals surface area contributed by atoms with E-state index in [1.165, 1.54) is 6.42 Å². The van der Waals surface area contributed by atoms with E-state index >= 15 is 0 Å². The first-order valence-electron chi connectivity index (χ1n) is 5.79. The number of anilines is 2. The van der Waals surface area contributed by atoms with E-state index in [2.05, 4.69) is 10.4 Å². The van der Waals surface area contributed by atoms with Crippen molar-refractivity contribution in [1.29, 1.82) is 0 Å². The van der Waals surface area contributed by atoms with Crippen LogP contribution in [0.3, 0.4) is 0 Å². The molecule has 0 amide bonds. The van der Waals surface area contributed by atoms with Gasteiger partial charge in [0.15, 0.2) is 0 Å². The van der Waals surface area contributed by atoms with E-state index in [1.807, 2.05) is 14.0 Å². The quantitative estimate of drug-likeness (QED) is 0.808. The van der Waals surface area contributed by atoms with E-state index < -0.39 is 0 Å². The summed E-state index contributed by atoms with van der Waals surface area (Å²) in [6.07, 6.45) is 2.38. The Morgan fingerprint density at radius 3 is 3.00 bits per heavy atom. The fourth-order valence-electron chi connectivity index (χ4n) is 2.09. The molecule has 1 fully saturated rings. The number of hydrogen-bond acceptors (Lipinski definition) is 4. The van der Waals surface area contributed by atoms with E-state index in [9.17, 15) is 0 Å². The Bertz CT molecular complexity index is 355. The summed E-state index contributed by atoms with van der Waals surface area (Å²) in [6.45, 7) is 4.58. The van der Waals surface area contributed by atoms with Crippen LogP contribution >= 0.6 is 0 Å². The number of nitrogens with zero attached hydrogens (tertiary/aromatic N) is 2. The highest BCUT2D eigenvalue weighted by Gasteiger charge is 2.15. The summed E-state index contributed by atoms with van der Waals surface area (Å²) >= 11 is 0. The SMILES string of the molecule is Cc1nn(C)c(NCC2CCCOC2)c1N. The maximum Gasteiger partial charge on any atom is 0.147 e. The molecule has 1 unspecified atom stereocenters. The Morgan fingerprint density at radius 1 is 1.62 bits per heavy atom.